The first-order valence-electron chi connectivity index (χ1n) is 10.7. The predicted molar refractivity (Wildman–Crippen MR) is 117 cm³/mol. The van der Waals surface area contributed by atoms with E-state index in [1.165, 1.54) is 6.42 Å². The maximum atomic E-state index is 12.6. The normalized spacial score (nSPS) is 13.7. The fraction of sp³-hybridized carbons (Fsp3) is 0.500. The summed E-state index contributed by atoms with van der Waals surface area (Å²) in [6, 6.07) is 9.35. The van der Waals surface area contributed by atoms with Crippen LogP contribution in [0.5, 0.6) is 5.75 Å². The summed E-state index contributed by atoms with van der Waals surface area (Å²) in [5, 5.41) is 2.89. The van der Waals surface area contributed by atoms with E-state index in [0.29, 0.717) is 18.1 Å². The van der Waals surface area contributed by atoms with Crippen molar-refractivity contribution in [3.05, 3.63) is 47.4 Å². The van der Waals surface area contributed by atoms with Gasteiger partial charge in [-0.25, -0.2) is 0 Å². The van der Waals surface area contributed by atoms with Crippen molar-refractivity contribution in [3.8, 4) is 5.75 Å². The van der Waals surface area contributed by atoms with Crippen LogP contribution in [0.25, 0.3) is 0 Å². The zero-order valence-electron chi connectivity index (χ0n) is 18.4. The summed E-state index contributed by atoms with van der Waals surface area (Å²) in [6.07, 6.45) is 4.40. The molecule has 6 heteroatoms. The molecular formula is C24H32N2O4. The lowest BCUT2D eigenvalue weighted by Crippen LogP contribution is -2.38. The molecule has 0 fully saturated rings. The molecule has 0 saturated heterocycles. The zero-order valence-corrected chi connectivity index (χ0v) is 18.4. The summed E-state index contributed by atoms with van der Waals surface area (Å²) >= 11 is 0. The number of hydrogen-bond donors (Lipinski definition) is 1. The van der Waals surface area contributed by atoms with E-state index in [9.17, 15) is 9.59 Å². The highest BCUT2D eigenvalue weighted by molar-refractivity contribution is 5.98. The van der Waals surface area contributed by atoms with Crippen LogP contribution in [0, 0.1) is 0 Å². The van der Waals surface area contributed by atoms with Crippen molar-refractivity contribution >= 4 is 17.5 Å². The van der Waals surface area contributed by atoms with Gasteiger partial charge in [0.15, 0.2) is 12.4 Å². The number of amides is 2. The lowest BCUT2D eigenvalue weighted by atomic mass is 9.86. The Balaban J connectivity index is 1.70. The molecule has 0 saturated carbocycles. The zero-order chi connectivity index (χ0) is 21.7. The third-order valence-electron chi connectivity index (χ3n) is 5.28. The first-order valence-corrected chi connectivity index (χ1v) is 10.7. The van der Waals surface area contributed by atoms with Crippen molar-refractivity contribution in [2.75, 3.05) is 18.1 Å². The van der Waals surface area contributed by atoms with Gasteiger partial charge >= 0.3 is 0 Å². The monoisotopic (exact) mass is 412 g/mol. The van der Waals surface area contributed by atoms with E-state index >= 15 is 0 Å². The summed E-state index contributed by atoms with van der Waals surface area (Å²) in [7, 11) is 0. The third kappa shape index (κ3) is 5.23. The van der Waals surface area contributed by atoms with Gasteiger partial charge in [0.25, 0.3) is 11.8 Å². The number of unbranched alkanes of at least 4 members (excludes halogenated alkanes) is 3. The van der Waals surface area contributed by atoms with Crippen LogP contribution >= 0.6 is 0 Å². The quantitative estimate of drug-likeness (QED) is 0.632. The van der Waals surface area contributed by atoms with Crippen molar-refractivity contribution in [3.63, 3.8) is 0 Å². The number of rotatable bonds is 8. The number of furan rings is 1. The number of benzene rings is 1. The standard InChI is InChI=1S/C24H32N2O4/c1-5-6-7-8-13-25-23(28)21-12-10-18(30-21)15-26-19-14-17(24(2,3)4)9-11-20(19)29-16-22(26)27/h9-12,14H,5-8,13,15-16H2,1-4H3,(H,25,28). The highest BCUT2D eigenvalue weighted by Crippen LogP contribution is 2.37. The molecule has 0 radical (unpaired) electrons. The first kappa shape index (κ1) is 21.9. The van der Waals surface area contributed by atoms with Gasteiger partial charge in [-0.1, -0.05) is 53.0 Å². The molecule has 0 spiro atoms. The molecule has 162 valence electrons. The fourth-order valence-electron chi connectivity index (χ4n) is 3.42. The van der Waals surface area contributed by atoms with Gasteiger partial charge < -0.3 is 14.5 Å². The summed E-state index contributed by atoms with van der Waals surface area (Å²) < 4.78 is 11.3. The number of anilines is 1. The Morgan fingerprint density at radius 3 is 2.67 bits per heavy atom. The highest BCUT2D eigenvalue weighted by Gasteiger charge is 2.28. The summed E-state index contributed by atoms with van der Waals surface area (Å²) in [6.45, 7) is 9.43. The molecular weight excluding hydrogens is 380 g/mol. The third-order valence-corrected chi connectivity index (χ3v) is 5.28. The number of nitrogens with one attached hydrogen (secondary N) is 1. The highest BCUT2D eigenvalue weighted by atomic mass is 16.5. The van der Waals surface area contributed by atoms with Gasteiger partial charge in [-0.2, -0.15) is 0 Å². The Labute approximate surface area is 178 Å². The van der Waals surface area contributed by atoms with Gasteiger partial charge in [-0.05, 0) is 41.7 Å². The van der Waals surface area contributed by atoms with Gasteiger partial charge in [-0.3, -0.25) is 14.5 Å². The SMILES string of the molecule is CCCCCCNC(=O)c1ccc(CN2C(=O)COc3ccc(C(C)(C)C)cc32)o1. The van der Waals surface area contributed by atoms with Crippen LogP contribution in [0.15, 0.2) is 34.7 Å². The molecule has 6 nitrogen and oxygen atoms in total. The van der Waals surface area contributed by atoms with E-state index in [1.54, 1.807) is 17.0 Å². The van der Waals surface area contributed by atoms with E-state index in [1.807, 2.05) is 18.2 Å². The van der Waals surface area contributed by atoms with Crippen molar-refractivity contribution in [2.45, 2.75) is 65.3 Å². The number of hydrogen-bond acceptors (Lipinski definition) is 4. The van der Waals surface area contributed by atoms with Gasteiger partial charge in [0.1, 0.15) is 11.5 Å². The minimum Gasteiger partial charge on any atom is -0.482 e. The van der Waals surface area contributed by atoms with Crippen LogP contribution < -0.4 is 15.0 Å². The maximum Gasteiger partial charge on any atom is 0.286 e. The maximum absolute atomic E-state index is 12.6. The smallest absolute Gasteiger partial charge is 0.286 e. The molecule has 0 aliphatic carbocycles. The fourth-order valence-corrected chi connectivity index (χ4v) is 3.42. The Morgan fingerprint density at radius 2 is 1.93 bits per heavy atom. The lowest BCUT2D eigenvalue weighted by molar-refractivity contribution is -0.121. The molecule has 0 bridgehead atoms. The second kappa shape index (κ2) is 9.37. The van der Waals surface area contributed by atoms with Crippen LogP contribution in [0.4, 0.5) is 5.69 Å². The predicted octanol–water partition coefficient (Wildman–Crippen LogP) is 4.81. The Morgan fingerprint density at radius 1 is 1.13 bits per heavy atom. The van der Waals surface area contributed by atoms with Gasteiger partial charge in [0, 0.05) is 6.54 Å². The van der Waals surface area contributed by atoms with Crippen molar-refractivity contribution in [1.82, 2.24) is 5.32 Å². The molecule has 1 aromatic heterocycles. The largest absolute Gasteiger partial charge is 0.482 e. The molecule has 1 aliphatic heterocycles. The Bertz CT molecular complexity index is 895. The van der Waals surface area contributed by atoms with Crippen LogP contribution in [0.2, 0.25) is 0 Å². The molecule has 2 amide bonds. The summed E-state index contributed by atoms with van der Waals surface area (Å²) in [4.78, 5) is 26.5. The molecule has 30 heavy (non-hydrogen) atoms. The minimum atomic E-state index is -0.221. The van der Waals surface area contributed by atoms with Crippen molar-refractivity contribution in [2.24, 2.45) is 0 Å². The number of ether oxygens (including phenoxy) is 1. The summed E-state index contributed by atoms with van der Waals surface area (Å²) in [5.74, 6) is 1.16. The second-order valence-electron chi connectivity index (χ2n) is 8.78. The van der Waals surface area contributed by atoms with E-state index < -0.39 is 0 Å². The minimum absolute atomic E-state index is 0.00627. The van der Waals surface area contributed by atoms with E-state index in [-0.39, 0.29) is 36.1 Å². The van der Waals surface area contributed by atoms with Crippen molar-refractivity contribution in [1.29, 1.82) is 0 Å². The first-order chi connectivity index (χ1) is 14.3. The number of carbonyl (C=O) groups is 2. The van der Waals surface area contributed by atoms with Gasteiger partial charge in [0.05, 0.1) is 12.2 Å². The molecule has 0 atom stereocenters. The molecule has 1 N–H and O–H groups in total. The summed E-state index contributed by atoms with van der Waals surface area (Å²) in [5.41, 5.74) is 1.80. The van der Waals surface area contributed by atoms with Crippen LogP contribution in [0.3, 0.4) is 0 Å². The number of nitrogens with zero attached hydrogens (tertiary/aromatic N) is 1. The van der Waals surface area contributed by atoms with Gasteiger partial charge in [0.2, 0.25) is 0 Å². The van der Waals surface area contributed by atoms with E-state index in [0.717, 1.165) is 30.5 Å². The van der Waals surface area contributed by atoms with Crippen LogP contribution in [-0.2, 0) is 16.8 Å². The van der Waals surface area contributed by atoms with Crippen molar-refractivity contribution < 1.29 is 18.7 Å². The van der Waals surface area contributed by atoms with E-state index in [2.05, 4.69) is 33.0 Å². The molecule has 1 aliphatic rings. The molecule has 2 aromatic rings. The Kier molecular flexibility index (Phi) is 6.85. The van der Waals surface area contributed by atoms with E-state index in [4.69, 9.17) is 9.15 Å². The van der Waals surface area contributed by atoms with Gasteiger partial charge in [-0.15, -0.1) is 0 Å². The van der Waals surface area contributed by atoms with Crippen LogP contribution in [0.1, 0.15) is 75.3 Å². The molecule has 2 heterocycles. The Hall–Kier alpha value is -2.76. The number of fused-ring (bicyclic) bond motifs is 1. The van der Waals surface area contributed by atoms with Crippen LogP contribution in [-0.4, -0.2) is 25.0 Å². The lowest BCUT2D eigenvalue weighted by Gasteiger charge is -2.30. The average molecular weight is 413 g/mol. The average Bonchev–Trinajstić information content (AvgIpc) is 3.17. The topological polar surface area (TPSA) is 71.8 Å². The molecule has 1 aromatic carbocycles. The molecule has 3 rings (SSSR count). The number of carbonyl (C=O) groups excluding carboxylic acids is 2. The second-order valence-corrected chi connectivity index (χ2v) is 8.78. The molecule has 0 unspecified atom stereocenters.